The molecule has 11 heteroatoms. The van der Waals surface area contributed by atoms with Crippen molar-refractivity contribution < 1.29 is 27.5 Å². The standard InChI is InChI=1S/C13H14BrCl2NO6S/c1-7(2)23-12(19)6-22-11(18)5-17-24(20,21)13-9(15)3-8(14)4-10(13)16/h3-4,7,17H,5-6H2,1-2H3. The van der Waals surface area contributed by atoms with Gasteiger partial charge in [-0.25, -0.2) is 13.2 Å². The van der Waals surface area contributed by atoms with Crippen LogP contribution in [0.1, 0.15) is 13.8 Å². The van der Waals surface area contributed by atoms with Gasteiger partial charge in [0.15, 0.2) is 6.61 Å². The molecule has 0 atom stereocenters. The van der Waals surface area contributed by atoms with Gasteiger partial charge in [-0.15, -0.1) is 0 Å². The van der Waals surface area contributed by atoms with Crippen molar-refractivity contribution in [1.29, 1.82) is 0 Å². The molecule has 0 aliphatic carbocycles. The van der Waals surface area contributed by atoms with Gasteiger partial charge in [0.2, 0.25) is 10.0 Å². The van der Waals surface area contributed by atoms with Crippen molar-refractivity contribution in [3.8, 4) is 0 Å². The minimum atomic E-state index is -4.14. The number of carbonyl (C=O) groups excluding carboxylic acids is 2. The summed E-state index contributed by atoms with van der Waals surface area (Å²) in [7, 11) is -4.14. The van der Waals surface area contributed by atoms with Crippen molar-refractivity contribution in [3.05, 3.63) is 26.7 Å². The molecule has 7 nitrogen and oxygen atoms in total. The van der Waals surface area contributed by atoms with E-state index in [9.17, 15) is 18.0 Å². The average Bonchev–Trinajstić information content (AvgIpc) is 2.40. The number of rotatable bonds is 7. The first-order valence-electron chi connectivity index (χ1n) is 6.52. The van der Waals surface area contributed by atoms with E-state index in [1.165, 1.54) is 12.1 Å². The van der Waals surface area contributed by atoms with Gasteiger partial charge in [0, 0.05) is 4.47 Å². The topological polar surface area (TPSA) is 98.8 Å². The summed E-state index contributed by atoms with van der Waals surface area (Å²) >= 11 is 14.9. The number of carbonyl (C=O) groups is 2. The molecular formula is C13H14BrCl2NO6S. The molecule has 134 valence electrons. The van der Waals surface area contributed by atoms with Crippen molar-refractivity contribution in [2.24, 2.45) is 0 Å². The molecule has 0 heterocycles. The number of nitrogens with one attached hydrogen (secondary N) is 1. The Kier molecular flexibility index (Phi) is 7.94. The third kappa shape index (κ3) is 6.56. The van der Waals surface area contributed by atoms with Gasteiger partial charge in [-0.05, 0) is 26.0 Å². The largest absolute Gasteiger partial charge is 0.460 e. The SMILES string of the molecule is CC(C)OC(=O)COC(=O)CNS(=O)(=O)c1c(Cl)cc(Br)cc1Cl. The van der Waals surface area contributed by atoms with Crippen LogP contribution in [0.3, 0.4) is 0 Å². The highest BCUT2D eigenvalue weighted by Crippen LogP contribution is 2.32. The zero-order valence-corrected chi connectivity index (χ0v) is 16.6. The van der Waals surface area contributed by atoms with Crippen LogP contribution in [0.25, 0.3) is 0 Å². The van der Waals surface area contributed by atoms with E-state index < -0.39 is 35.1 Å². The van der Waals surface area contributed by atoms with Gasteiger partial charge in [0.05, 0.1) is 16.1 Å². The zero-order chi connectivity index (χ0) is 18.5. The molecule has 0 saturated carbocycles. The summed E-state index contributed by atoms with van der Waals surface area (Å²) in [5.74, 6) is -1.69. The summed E-state index contributed by atoms with van der Waals surface area (Å²) in [6.45, 7) is 1.97. The summed E-state index contributed by atoms with van der Waals surface area (Å²) in [5, 5.41) is -0.230. The van der Waals surface area contributed by atoms with Crippen molar-refractivity contribution >= 4 is 61.1 Å². The van der Waals surface area contributed by atoms with Gasteiger partial charge in [-0.1, -0.05) is 39.1 Å². The van der Waals surface area contributed by atoms with Crippen LogP contribution in [0.2, 0.25) is 10.0 Å². The Bertz CT molecular complexity index is 715. The molecule has 1 N–H and O–H groups in total. The van der Waals surface area contributed by atoms with E-state index in [1.54, 1.807) is 13.8 Å². The van der Waals surface area contributed by atoms with E-state index >= 15 is 0 Å². The lowest BCUT2D eigenvalue weighted by Crippen LogP contribution is -2.32. The monoisotopic (exact) mass is 461 g/mol. The summed E-state index contributed by atoms with van der Waals surface area (Å²) < 4.78 is 36.2. The Balaban J connectivity index is 2.66. The van der Waals surface area contributed by atoms with Gasteiger partial charge >= 0.3 is 11.9 Å². The molecule has 0 fully saturated rings. The Hall–Kier alpha value is -0.870. The van der Waals surface area contributed by atoms with E-state index in [1.807, 2.05) is 4.72 Å². The number of hydrogen-bond donors (Lipinski definition) is 1. The smallest absolute Gasteiger partial charge is 0.344 e. The highest BCUT2D eigenvalue weighted by atomic mass is 79.9. The zero-order valence-electron chi connectivity index (χ0n) is 12.6. The lowest BCUT2D eigenvalue weighted by Gasteiger charge is -2.11. The Morgan fingerprint density at radius 2 is 1.75 bits per heavy atom. The Labute approximate surface area is 157 Å². The van der Waals surface area contributed by atoms with Gasteiger partial charge in [0.25, 0.3) is 0 Å². The summed E-state index contributed by atoms with van der Waals surface area (Å²) in [6.07, 6.45) is -0.351. The van der Waals surface area contributed by atoms with Crippen LogP contribution in [0.4, 0.5) is 0 Å². The Morgan fingerprint density at radius 3 is 2.25 bits per heavy atom. The van der Waals surface area contributed by atoms with E-state index in [2.05, 4.69) is 20.7 Å². The quantitative estimate of drug-likeness (QED) is 0.625. The fourth-order valence-corrected chi connectivity index (χ4v) is 4.40. The first-order valence-corrected chi connectivity index (χ1v) is 9.55. The fourth-order valence-electron chi connectivity index (χ4n) is 1.50. The predicted molar refractivity (Wildman–Crippen MR) is 91.5 cm³/mol. The van der Waals surface area contributed by atoms with Crippen LogP contribution in [-0.4, -0.2) is 39.6 Å². The second kappa shape index (κ2) is 9.00. The maximum absolute atomic E-state index is 12.2. The lowest BCUT2D eigenvalue weighted by atomic mass is 10.4. The number of sulfonamides is 1. The summed E-state index contributed by atoms with van der Waals surface area (Å²) in [6, 6.07) is 2.70. The van der Waals surface area contributed by atoms with Crippen LogP contribution in [0.15, 0.2) is 21.5 Å². The molecule has 0 unspecified atom stereocenters. The molecular weight excluding hydrogens is 449 g/mol. The molecule has 0 spiro atoms. The fraction of sp³-hybridized carbons (Fsp3) is 0.385. The van der Waals surface area contributed by atoms with Crippen molar-refractivity contribution in [3.63, 3.8) is 0 Å². The minimum absolute atomic E-state index is 0.115. The molecule has 0 bridgehead atoms. The maximum atomic E-state index is 12.2. The lowest BCUT2D eigenvalue weighted by molar-refractivity contribution is -0.160. The molecule has 0 saturated heterocycles. The molecule has 0 aliphatic heterocycles. The maximum Gasteiger partial charge on any atom is 0.344 e. The van der Waals surface area contributed by atoms with Crippen LogP contribution in [0, 0.1) is 0 Å². The van der Waals surface area contributed by atoms with Gasteiger partial charge < -0.3 is 9.47 Å². The van der Waals surface area contributed by atoms with E-state index in [0.717, 1.165) is 0 Å². The van der Waals surface area contributed by atoms with E-state index in [0.29, 0.717) is 4.47 Å². The third-order valence-electron chi connectivity index (χ3n) is 2.36. The number of ether oxygens (including phenoxy) is 2. The first-order chi connectivity index (χ1) is 11.0. The Morgan fingerprint density at radius 1 is 1.21 bits per heavy atom. The molecule has 0 aliphatic rings. The van der Waals surface area contributed by atoms with Crippen molar-refractivity contribution in [2.45, 2.75) is 24.8 Å². The highest BCUT2D eigenvalue weighted by Gasteiger charge is 2.23. The molecule has 1 rings (SSSR count). The van der Waals surface area contributed by atoms with Gasteiger partial charge in [-0.3, -0.25) is 4.79 Å². The van der Waals surface area contributed by atoms with Crippen LogP contribution in [-0.2, 0) is 29.1 Å². The highest BCUT2D eigenvalue weighted by molar-refractivity contribution is 9.10. The van der Waals surface area contributed by atoms with Crippen molar-refractivity contribution in [1.82, 2.24) is 4.72 Å². The molecule has 24 heavy (non-hydrogen) atoms. The summed E-state index contributed by atoms with van der Waals surface area (Å²) in [4.78, 5) is 22.4. The van der Waals surface area contributed by atoms with Crippen LogP contribution in [0.5, 0.6) is 0 Å². The second-order valence-electron chi connectivity index (χ2n) is 4.72. The average molecular weight is 463 g/mol. The van der Waals surface area contributed by atoms with Gasteiger partial charge in [-0.2, -0.15) is 4.72 Å². The van der Waals surface area contributed by atoms with E-state index in [-0.39, 0.29) is 21.0 Å². The predicted octanol–water partition coefficient (Wildman–Crippen LogP) is 2.53. The van der Waals surface area contributed by atoms with Crippen LogP contribution < -0.4 is 4.72 Å². The molecule has 0 radical (unpaired) electrons. The molecule has 1 aromatic rings. The number of esters is 2. The van der Waals surface area contributed by atoms with Crippen LogP contribution >= 0.6 is 39.1 Å². The summed E-state index contributed by atoms with van der Waals surface area (Å²) in [5.41, 5.74) is 0. The minimum Gasteiger partial charge on any atom is -0.460 e. The molecule has 0 amide bonds. The second-order valence-corrected chi connectivity index (χ2v) is 8.16. The number of hydrogen-bond acceptors (Lipinski definition) is 6. The first kappa shape index (κ1) is 21.2. The molecule has 1 aromatic carbocycles. The van der Waals surface area contributed by atoms with Crippen molar-refractivity contribution in [2.75, 3.05) is 13.2 Å². The number of benzene rings is 1. The number of halogens is 3. The van der Waals surface area contributed by atoms with Gasteiger partial charge in [0.1, 0.15) is 11.4 Å². The van der Waals surface area contributed by atoms with E-state index in [4.69, 9.17) is 27.9 Å². The molecule has 0 aromatic heterocycles. The third-order valence-corrected chi connectivity index (χ3v) is 5.14. The normalized spacial score (nSPS) is 11.4.